The highest BCUT2D eigenvalue weighted by atomic mass is 16.2. The van der Waals surface area contributed by atoms with E-state index < -0.39 is 11.8 Å². The maximum Gasteiger partial charge on any atom is 0.221 e. The van der Waals surface area contributed by atoms with E-state index in [0.717, 1.165) is 12.8 Å². The number of rotatable bonds is 6. The van der Waals surface area contributed by atoms with Crippen LogP contribution in [-0.4, -0.2) is 11.8 Å². The highest BCUT2D eigenvalue weighted by molar-refractivity contribution is 5.83. The summed E-state index contributed by atoms with van der Waals surface area (Å²) >= 11 is 0. The van der Waals surface area contributed by atoms with Gasteiger partial charge in [0.25, 0.3) is 0 Å². The fourth-order valence-corrected chi connectivity index (χ4v) is 1.04. The molecule has 0 aliphatic rings. The minimum atomic E-state index is -0.463. The minimum absolute atomic E-state index is 0.0787. The van der Waals surface area contributed by atoms with E-state index in [1.54, 1.807) is 0 Å². The van der Waals surface area contributed by atoms with Gasteiger partial charge in [0.15, 0.2) is 0 Å². The molecule has 0 fully saturated rings. The normalized spacial score (nSPS) is 12.4. The molecule has 0 rings (SSSR count). The Morgan fingerprint density at radius 2 is 1.92 bits per heavy atom. The second-order valence-electron chi connectivity index (χ2n) is 2.91. The van der Waals surface area contributed by atoms with Gasteiger partial charge in [0, 0.05) is 12.3 Å². The number of primary amides is 2. The Bertz CT molecular complexity index is 168. The van der Waals surface area contributed by atoms with E-state index >= 15 is 0 Å². The van der Waals surface area contributed by atoms with Crippen molar-refractivity contribution in [1.82, 2.24) is 0 Å². The molecule has 0 unspecified atom stereocenters. The van der Waals surface area contributed by atoms with Crippen LogP contribution in [0.5, 0.6) is 0 Å². The van der Waals surface area contributed by atoms with Crippen LogP contribution in [0.2, 0.25) is 0 Å². The van der Waals surface area contributed by atoms with Crippen LogP contribution in [0.4, 0.5) is 0 Å². The molecule has 1 atom stereocenters. The summed E-state index contributed by atoms with van der Waals surface area (Å²) in [6.45, 7) is 2.02. The fraction of sp³-hybridized carbons (Fsp3) is 0.750. The first-order valence-corrected chi connectivity index (χ1v) is 4.15. The second kappa shape index (κ2) is 5.57. The summed E-state index contributed by atoms with van der Waals surface area (Å²) in [5.74, 6) is -1.26. The Hall–Kier alpha value is -1.06. The smallest absolute Gasteiger partial charge is 0.221 e. The molecule has 2 amide bonds. The third-order valence-corrected chi connectivity index (χ3v) is 1.76. The van der Waals surface area contributed by atoms with E-state index in [0.29, 0.717) is 6.42 Å². The third-order valence-electron chi connectivity index (χ3n) is 1.76. The lowest BCUT2D eigenvalue weighted by Crippen LogP contribution is -2.28. The molecule has 4 nitrogen and oxygen atoms in total. The summed E-state index contributed by atoms with van der Waals surface area (Å²) in [7, 11) is 0. The minimum Gasteiger partial charge on any atom is -0.370 e. The number of carbonyl (C=O) groups excluding carboxylic acids is 2. The first-order chi connectivity index (χ1) is 5.57. The van der Waals surface area contributed by atoms with Crippen molar-refractivity contribution in [2.75, 3.05) is 0 Å². The molecule has 0 radical (unpaired) electrons. The topological polar surface area (TPSA) is 86.2 Å². The maximum atomic E-state index is 10.8. The Morgan fingerprint density at radius 1 is 1.33 bits per heavy atom. The standard InChI is InChI=1S/C8H16N2O2/c1-2-3-4-6(8(10)12)5-7(9)11/h6H,2-5H2,1H3,(H2,9,11)(H2,10,12)/t6-/m0/s1. The lowest BCUT2D eigenvalue weighted by molar-refractivity contribution is -0.127. The van der Waals surface area contributed by atoms with Crippen molar-refractivity contribution in [2.24, 2.45) is 17.4 Å². The van der Waals surface area contributed by atoms with Crippen LogP contribution in [0, 0.1) is 5.92 Å². The zero-order chi connectivity index (χ0) is 9.56. The average Bonchev–Trinajstić information content (AvgIpc) is 1.96. The molecule has 0 spiro atoms. The maximum absolute atomic E-state index is 10.8. The molecule has 70 valence electrons. The van der Waals surface area contributed by atoms with E-state index in [4.69, 9.17) is 11.5 Å². The van der Waals surface area contributed by atoms with Crippen molar-refractivity contribution >= 4 is 11.8 Å². The molecular formula is C8H16N2O2. The molecule has 0 aromatic carbocycles. The molecule has 0 heterocycles. The van der Waals surface area contributed by atoms with Crippen LogP contribution >= 0.6 is 0 Å². The lowest BCUT2D eigenvalue weighted by Gasteiger charge is -2.09. The van der Waals surface area contributed by atoms with Crippen LogP contribution < -0.4 is 11.5 Å². The summed E-state index contributed by atoms with van der Waals surface area (Å²) in [6.07, 6.45) is 2.63. The number of carbonyl (C=O) groups is 2. The van der Waals surface area contributed by atoms with Crippen LogP contribution in [0.3, 0.4) is 0 Å². The fourth-order valence-electron chi connectivity index (χ4n) is 1.04. The Labute approximate surface area is 72.3 Å². The van der Waals surface area contributed by atoms with Gasteiger partial charge in [0.05, 0.1) is 0 Å². The van der Waals surface area contributed by atoms with Crippen molar-refractivity contribution in [3.63, 3.8) is 0 Å². The predicted octanol–water partition coefficient (Wildman–Crippen LogP) is 0.153. The summed E-state index contributed by atoms with van der Waals surface area (Å²) in [5.41, 5.74) is 10.0. The molecule has 0 saturated heterocycles. The molecule has 0 saturated carbocycles. The van der Waals surface area contributed by atoms with Crippen LogP contribution in [0.15, 0.2) is 0 Å². The Balaban J connectivity index is 3.87. The molecule has 4 heteroatoms. The van der Waals surface area contributed by atoms with Gasteiger partial charge in [0.1, 0.15) is 0 Å². The molecule has 0 aliphatic heterocycles. The van der Waals surface area contributed by atoms with Crippen molar-refractivity contribution in [2.45, 2.75) is 32.6 Å². The largest absolute Gasteiger partial charge is 0.370 e. The van der Waals surface area contributed by atoms with E-state index in [1.807, 2.05) is 6.92 Å². The summed E-state index contributed by atoms with van der Waals surface area (Å²) in [5, 5.41) is 0. The molecule has 0 aromatic heterocycles. The SMILES string of the molecule is CCCC[C@@H](CC(N)=O)C(N)=O. The molecule has 4 N–H and O–H groups in total. The van der Waals surface area contributed by atoms with Gasteiger partial charge >= 0.3 is 0 Å². The molecule has 0 aliphatic carbocycles. The number of nitrogens with two attached hydrogens (primary N) is 2. The Morgan fingerprint density at radius 3 is 2.25 bits per heavy atom. The first-order valence-electron chi connectivity index (χ1n) is 4.15. The van der Waals surface area contributed by atoms with Gasteiger partial charge in [-0.3, -0.25) is 9.59 Å². The van der Waals surface area contributed by atoms with Gasteiger partial charge in [0.2, 0.25) is 11.8 Å². The van der Waals surface area contributed by atoms with Gasteiger partial charge in [-0.05, 0) is 6.42 Å². The van der Waals surface area contributed by atoms with Crippen LogP contribution in [-0.2, 0) is 9.59 Å². The zero-order valence-corrected chi connectivity index (χ0v) is 7.38. The van der Waals surface area contributed by atoms with Gasteiger partial charge in [-0.1, -0.05) is 19.8 Å². The molecule has 12 heavy (non-hydrogen) atoms. The summed E-state index contributed by atoms with van der Waals surface area (Å²) in [4.78, 5) is 21.2. The third kappa shape index (κ3) is 4.71. The van der Waals surface area contributed by atoms with Crippen LogP contribution in [0.1, 0.15) is 32.6 Å². The Kier molecular flexibility index (Phi) is 5.08. The first kappa shape index (κ1) is 10.9. The van der Waals surface area contributed by atoms with Crippen molar-refractivity contribution < 1.29 is 9.59 Å². The summed E-state index contributed by atoms with van der Waals surface area (Å²) in [6, 6.07) is 0. The van der Waals surface area contributed by atoms with Gasteiger partial charge < -0.3 is 11.5 Å². The van der Waals surface area contributed by atoms with Crippen molar-refractivity contribution in [1.29, 1.82) is 0 Å². The summed E-state index contributed by atoms with van der Waals surface area (Å²) < 4.78 is 0. The molecular weight excluding hydrogens is 156 g/mol. The lowest BCUT2D eigenvalue weighted by atomic mass is 9.98. The van der Waals surface area contributed by atoms with Crippen molar-refractivity contribution in [3.8, 4) is 0 Å². The zero-order valence-electron chi connectivity index (χ0n) is 7.38. The van der Waals surface area contributed by atoms with Crippen molar-refractivity contribution in [3.05, 3.63) is 0 Å². The number of hydrogen-bond donors (Lipinski definition) is 2. The average molecular weight is 172 g/mol. The second-order valence-corrected chi connectivity index (χ2v) is 2.91. The van der Waals surface area contributed by atoms with Gasteiger partial charge in [-0.25, -0.2) is 0 Å². The molecule has 0 aromatic rings. The quantitative estimate of drug-likeness (QED) is 0.597. The van der Waals surface area contributed by atoms with E-state index in [-0.39, 0.29) is 12.3 Å². The monoisotopic (exact) mass is 172 g/mol. The highest BCUT2D eigenvalue weighted by Crippen LogP contribution is 2.11. The number of hydrogen-bond acceptors (Lipinski definition) is 2. The van der Waals surface area contributed by atoms with E-state index in [9.17, 15) is 9.59 Å². The highest BCUT2D eigenvalue weighted by Gasteiger charge is 2.16. The predicted molar refractivity (Wildman–Crippen MR) is 46.0 cm³/mol. The van der Waals surface area contributed by atoms with Gasteiger partial charge in [-0.2, -0.15) is 0 Å². The van der Waals surface area contributed by atoms with Crippen LogP contribution in [0.25, 0.3) is 0 Å². The number of unbranched alkanes of at least 4 members (excludes halogenated alkanes) is 1. The molecule has 0 bridgehead atoms. The van der Waals surface area contributed by atoms with E-state index in [1.165, 1.54) is 0 Å². The number of amides is 2. The van der Waals surface area contributed by atoms with E-state index in [2.05, 4.69) is 0 Å². The van der Waals surface area contributed by atoms with Gasteiger partial charge in [-0.15, -0.1) is 0 Å².